The standard InChI is InChI=1S/C22H25IN4O5/c1-14(31-20-4-2-3-11-30-20)21-24-9-10-27(21)18(13-25-22(28)29)19-12-17(26-32-19)15-5-7-16(23)8-6-15/h5-10,12,14,18,20,25H,2-4,11,13H2,1H3,(H,28,29)/t14-,18+,20?/m0/s1. The number of hydrogen-bond acceptors (Lipinski definition) is 6. The van der Waals surface area contributed by atoms with E-state index >= 15 is 0 Å². The van der Waals surface area contributed by atoms with E-state index in [0.29, 0.717) is 23.9 Å². The zero-order valence-electron chi connectivity index (χ0n) is 17.6. The van der Waals surface area contributed by atoms with Crippen molar-refractivity contribution in [1.82, 2.24) is 20.0 Å². The first-order valence-corrected chi connectivity index (χ1v) is 11.6. The lowest BCUT2D eigenvalue weighted by Gasteiger charge is -2.27. The van der Waals surface area contributed by atoms with Gasteiger partial charge in [0.2, 0.25) is 0 Å². The summed E-state index contributed by atoms with van der Waals surface area (Å²) < 4.78 is 20.4. The minimum Gasteiger partial charge on any atom is -0.465 e. The number of amides is 1. The van der Waals surface area contributed by atoms with E-state index in [1.54, 1.807) is 12.4 Å². The van der Waals surface area contributed by atoms with Crippen molar-refractivity contribution in [3.05, 3.63) is 57.9 Å². The van der Waals surface area contributed by atoms with E-state index in [0.717, 1.165) is 28.4 Å². The van der Waals surface area contributed by atoms with E-state index in [1.165, 1.54) is 0 Å². The molecule has 32 heavy (non-hydrogen) atoms. The molecule has 1 fully saturated rings. The molecule has 9 nitrogen and oxygen atoms in total. The van der Waals surface area contributed by atoms with Gasteiger partial charge in [0.05, 0.1) is 0 Å². The molecule has 0 radical (unpaired) electrons. The Morgan fingerprint density at radius 1 is 1.38 bits per heavy atom. The highest BCUT2D eigenvalue weighted by atomic mass is 127. The van der Waals surface area contributed by atoms with Gasteiger partial charge in [0, 0.05) is 40.7 Å². The van der Waals surface area contributed by atoms with Crippen molar-refractivity contribution >= 4 is 28.7 Å². The van der Waals surface area contributed by atoms with Crippen molar-refractivity contribution in [2.24, 2.45) is 0 Å². The maximum Gasteiger partial charge on any atom is 0.404 e. The molecular formula is C22H25IN4O5. The van der Waals surface area contributed by atoms with Crippen LogP contribution in [0.3, 0.4) is 0 Å². The Kier molecular flexibility index (Phi) is 7.43. The summed E-state index contributed by atoms with van der Waals surface area (Å²) in [6.07, 6.45) is 4.68. The van der Waals surface area contributed by atoms with Crippen molar-refractivity contribution in [3.8, 4) is 11.3 Å². The van der Waals surface area contributed by atoms with Gasteiger partial charge in [0.1, 0.15) is 23.7 Å². The zero-order valence-corrected chi connectivity index (χ0v) is 19.8. The van der Waals surface area contributed by atoms with Crippen LogP contribution < -0.4 is 5.32 Å². The van der Waals surface area contributed by atoms with Crippen LogP contribution in [0.4, 0.5) is 4.79 Å². The number of halogens is 1. The number of benzene rings is 1. The van der Waals surface area contributed by atoms with Gasteiger partial charge in [0.15, 0.2) is 12.1 Å². The Balaban J connectivity index is 1.59. The Morgan fingerprint density at radius 2 is 2.19 bits per heavy atom. The maximum absolute atomic E-state index is 11.2. The molecule has 0 bridgehead atoms. The Labute approximate surface area is 199 Å². The summed E-state index contributed by atoms with van der Waals surface area (Å²) in [7, 11) is 0. The molecule has 3 aromatic rings. The highest BCUT2D eigenvalue weighted by Crippen LogP contribution is 2.29. The van der Waals surface area contributed by atoms with Crippen LogP contribution in [0, 0.1) is 3.57 Å². The monoisotopic (exact) mass is 552 g/mol. The predicted molar refractivity (Wildman–Crippen MR) is 124 cm³/mol. The molecule has 1 aliphatic rings. The fraction of sp³-hybridized carbons (Fsp3) is 0.409. The van der Waals surface area contributed by atoms with Gasteiger partial charge in [-0.1, -0.05) is 17.3 Å². The minimum atomic E-state index is -1.12. The van der Waals surface area contributed by atoms with Gasteiger partial charge in [0.25, 0.3) is 0 Å². The van der Waals surface area contributed by atoms with E-state index in [1.807, 2.05) is 41.8 Å². The summed E-state index contributed by atoms with van der Waals surface area (Å²) in [6.45, 7) is 2.69. The summed E-state index contributed by atoms with van der Waals surface area (Å²) in [6, 6.07) is 9.28. The van der Waals surface area contributed by atoms with Crippen LogP contribution >= 0.6 is 22.6 Å². The largest absolute Gasteiger partial charge is 0.465 e. The van der Waals surface area contributed by atoms with Gasteiger partial charge in [-0.25, -0.2) is 9.78 Å². The van der Waals surface area contributed by atoms with Crippen LogP contribution in [0.15, 0.2) is 47.2 Å². The molecule has 1 unspecified atom stereocenters. The molecule has 3 heterocycles. The lowest BCUT2D eigenvalue weighted by molar-refractivity contribution is -0.188. The van der Waals surface area contributed by atoms with Gasteiger partial charge in [-0.2, -0.15) is 0 Å². The van der Waals surface area contributed by atoms with Crippen LogP contribution in [0.1, 0.15) is 49.9 Å². The highest BCUT2D eigenvalue weighted by molar-refractivity contribution is 14.1. The average molecular weight is 552 g/mol. The minimum absolute atomic E-state index is 0.0899. The molecule has 3 atom stereocenters. The van der Waals surface area contributed by atoms with Gasteiger partial charge < -0.3 is 29.0 Å². The maximum atomic E-state index is 11.2. The average Bonchev–Trinajstić information content (AvgIpc) is 3.46. The molecule has 1 saturated heterocycles. The molecule has 10 heteroatoms. The molecule has 170 valence electrons. The smallest absolute Gasteiger partial charge is 0.404 e. The summed E-state index contributed by atoms with van der Waals surface area (Å²) in [4.78, 5) is 15.7. The molecule has 4 rings (SSSR count). The number of carbonyl (C=O) groups is 1. The molecule has 2 N–H and O–H groups in total. The van der Waals surface area contributed by atoms with Crippen LogP contribution in [-0.2, 0) is 9.47 Å². The van der Waals surface area contributed by atoms with Crippen LogP contribution in [0.5, 0.6) is 0 Å². The van der Waals surface area contributed by atoms with E-state index in [9.17, 15) is 9.90 Å². The Bertz CT molecular complexity index is 1030. The number of ether oxygens (including phenoxy) is 2. The van der Waals surface area contributed by atoms with Crippen LogP contribution in [0.2, 0.25) is 0 Å². The number of nitrogens with one attached hydrogen (secondary N) is 1. The topological polar surface area (TPSA) is 112 Å². The van der Waals surface area contributed by atoms with Gasteiger partial charge >= 0.3 is 6.09 Å². The molecular weight excluding hydrogens is 527 g/mol. The van der Waals surface area contributed by atoms with E-state index < -0.39 is 12.1 Å². The van der Waals surface area contributed by atoms with Crippen molar-refractivity contribution < 1.29 is 23.9 Å². The molecule has 1 aliphatic heterocycles. The van der Waals surface area contributed by atoms with Crippen LogP contribution in [-0.4, -0.2) is 45.3 Å². The molecule has 1 aromatic carbocycles. The lowest BCUT2D eigenvalue weighted by Crippen LogP contribution is -2.31. The van der Waals surface area contributed by atoms with E-state index in [4.69, 9.17) is 14.0 Å². The summed E-state index contributed by atoms with van der Waals surface area (Å²) in [5.41, 5.74) is 1.60. The number of imidazole rings is 1. The second-order valence-corrected chi connectivity index (χ2v) is 8.84. The first-order valence-electron chi connectivity index (χ1n) is 10.5. The number of nitrogens with zero attached hydrogens (tertiary/aromatic N) is 3. The summed E-state index contributed by atoms with van der Waals surface area (Å²) in [5.74, 6) is 1.18. The van der Waals surface area contributed by atoms with Crippen molar-refractivity contribution in [1.29, 1.82) is 0 Å². The number of rotatable bonds is 8. The first-order chi connectivity index (χ1) is 15.5. The SMILES string of the molecule is C[C@H](OC1CCCCO1)c1nccn1[C@H](CNC(=O)O)c1cc(-c2ccc(I)cc2)no1. The highest BCUT2D eigenvalue weighted by Gasteiger charge is 2.27. The Hall–Kier alpha value is -2.44. The van der Waals surface area contributed by atoms with E-state index in [2.05, 4.69) is 38.0 Å². The normalized spacial score (nSPS) is 18.2. The molecule has 2 aromatic heterocycles. The third kappa shape index (κ3) is 5.48. The number of aromatic nitrogens is 3. The summed E-state index contributed by atoms with van der Waals surface area (Å²) in [5, 5.41) is 15.8. The number of carboxylic acid groups (broad SMARTS) is 1. The third-order valence-electron chi connectivity index (χ3n) is 5.34. The first kappa shape index (κ1) is 22.7. The van der Waals surface area contributed by atoms with Crippen molar-refractivity contribution in [2.45, 2.75) is 44.6 Å². The second-order valence-electron chi connectivity index (χ2n) is 7.59. The number of hydrogen-bond donors (Lipinski definition) is 2. The lowest BCUT2D eigenvalue weighted by atomic mass is 10.1. The molecule has 0 spiro atoms. The second kappa shape index (κ2) is 10.5. The van der Waals surface area contributed by atoms with Crippen molar-refractivity contribution in [3.63, 3.8) is 0 Å². The van der Waals surface area contributed by atoms with Gasteiger partial charge in [-0.3, -0.25) is 0 Å². The third-order valence-corrected chi connectivity index (χ3v) is 6.05. The Morgan fingerprint density at radius 3 is 2.91 bits per heavy atom. The quantitative estimate of drug-likeness (QED) is 0.393. The fourth-order valence-corrected chi connectivity index (χ4v) is 4.09. The van der Waals surface area contributed by atoms with Crippen LogP contribution in [0.25, 0.3) is 11.3 Å². The van der Waals surface area contributed by atoms with Gasteiger partial charge in [-0.15, -0.1) is 0 Å². The fourth-order valence-electron chi connectivity index (χ4n) is 3.73. The molecule has 0 aliphatic carbocycles. The zero-order chi connectivity index (χ0) is 22.5. The molecule has 0 saturated carbocycles. The summed E-state index contributed by atoms with van der Waals surface area (Å²) >= 11 is 2.25. The predicted octanol–water partition coefficient (Wildman–Crippen LogP) is 4.60. The molecule has 1 amide bonds. The van der Waals surface area contributed by atoms with Crippen molar-refractivity contribution in [2.75, 3.05) is 13.2 Å². The van der Waals surface area contributed by atoms with Gasteiger partial charge in [-0.05, 0) is 60.9 Å². The van der Waals surface area contributed by atoms with E-state index in [-0.39, 0.29) is 18.9 Å².